The van der Waals surface area contributed by atoms with Crippen LogP contribution in [0.2, 0.25) is 0 Å². The van der Waals surface area contributed by atoms with Gasteiger partial charge in [0.25, 0.3) is 0 Å². The van der Waals surface area contributed by atoms with Gasteiger partial charge in [-0.1, -0.05) is 0 Å². The molecule has 0 bridgehead atoms. The number of ether oxygens (including phenoxy) is 1. The van der Waals surface area contributed by atoms with Gasteiger partial charge in [0, 0.05) is 36.0 Å². The average Bonchev–Trinajstić information content (AvgIpc) is 1.91. The van der Waals surface area contributed by atoms with Gasteiger partial charge in [-0.05, 0) is 12.8 Å². The lowest BCUT2D eigenvalue weighted by Crippen LogP contribution is -2.34. The van der Waals surface area contributed by atoms with Crippen molar-refractivity contribution >= 4 is 22.9 Å². The number of piperidine rings is 1. The zero-order valence-corrected chi connectivity index (χ0v) is 8.43. The van der Waals surface area contributed by atoms with E-state index >= 15 is 0 Å². The molecule has 72 valence electrons. The third-order valence-electron chi connectivity index (χ3n) is 1.69. The highest BCUT2D eigenvalue weighted by Crippen LogP contribution is 2.25. The van der Waals surface area contributed by atoms with Crippen molar-refractivity contribution in [2.45, 2.75) is 25.3 Å². The van der Waals surface area contributed by atoms with Gasteiger partial charge in [-0.2, -0.15) is 0 Å². The maximum atomic E-state index is 11.7. The topological polar surface area (TPSA) is 12.5 Å². The van der Waals surface area contributed by atoms with Crippen LogP contribution < -0.4 is 0 Å². The van der Waals surface area contributed by atoms with Crippen LogP contribution in [0, 0.1) is 0 Å². The summed E-state index contributed by atoms with van der Waals surface area (Å²) in [5.41, 5.74) is 0. The highest BCUT2D eigenvalue weighted by Gasteiger charge is 2.34. The first kappa shape index (κ1) is 10.5. The van der Waals surface area contributed by atoms with Crippen LogP contribution in [0.1, 0.15) is 12.8 Å². The maximum Gasteiger partial charge on any atom is 0.522 e. The molecule has 0 spiro atoms. The third-order valence-corrected chi connectivity index (χ3v) is 2.65. The molecule has 1 heterocycles. The van der Waals surface area contributed by atoms with Crippen molar-refractivity contribution in [1.82, 2.24) is 3.11 Å². The fourth-order valence-corrected chi connectivity index (χ4v) is 1.69. The molecule has 0 unspecified atom stereocenters. The van der Waals surface area contributed by atoms with Crippen LogP contribution in [0.15, 0.2) is 0 Å². The van der Waals surface area contributed by atoms with Crippen molar-refractivity contribution < 1.29 is 17.9 Å². The first-order chi connectivity index (χ1) is 5.47. The molecule has 0 radical (unpaired) electrons. The fraction of sp³-hybridized carbons (Fsp3) is 1.00. The molecule has 0 aromatic carbocycles. The van der Waals surface area contributed by atoms with Crippen LogP contribution in [0.3, 0.4) is 0 Å². The van der Waals surface area contributed by atoms with E-state index in [4.69, 9.17) is 0 Å². The molecule has 1 aliphatic rings. The van der Waals surface area contributed by atoms with Crippen LogP contribution in [0.4, 0.5) is 13.2 Å². The zero-order valence-electron chi connectivity index (χ0n) is 6.27. The summed E-state index contributed by atoms with van der Waals surface area (Å²) < 4.78 is 41.0. The first-order valence-electron chi connectivity index (χ1n) is 3.62. The number of hydrogen-bond donors (Lipinski definition) is 0. The molecule has 1 saturated heterocycles. The van der Waals surface area contributed by atoms with E-state index in [0.717, 1.165) is 0 Å². The Labute approximate surface area is 82.5 Å². The Morgan fingerprint density at radius 1 is 1.25 bits per heavy atom. The molecule has 2 nitrogen and oxygen atoms in total. The third kappa shape index (κ3) is 3.90. The van der Waals surface area contributed by atoms with Gasteiger partial charge in [-0.3, -0.25) is 4.74 Å². The molecular weight excluding hydrogens is 286 g/mol. The lowest BCUT2D eigenvalue weighted by atomic mass is 10.1. The Balaban J connectivity index is 2.26. The maximum absolute atomic E-state index is 11.7. The second kappa shape index (κ2) is 4.10. The van der Waals surface area contributed by atoms with E-state index in [1.807, 2.05) is 3.11 Å². The van der Waals surface area contributed by atoms with Crippen LogP contribution in [-0.2, 0) is 4.74 Å². The molecule has 0 atom stereocenters. The largest absolute Gasteiger partial charge is 0.522 e. The fourth-order valence-electron chi connectivity index (χ4n) is 1.13. The van der Waals surface area contributed by atoms with Crippen molar-refractivity contribution in [2.75, 3.05) is 13.1 Å². The van der Waals surface area contributed by atoms with Crippen molar-refractivity contribution in [3.63, 3.8) is 0 Å². The van der Waals surface area contributed by atoms with Crippen molar-refractivity contribution in [3.8, 4) is 0 Å². The molecule has 0 amide bonds. The molecule has 0 aliphatic carbocycles. The van der Waals surface area contributed by atoms with Crippen molar-refractivity contribution in [1.29, 1.82) is 0 Å². The minimum Gasteiger partial charge on any atom is -0.288 e. The quantitative estimate of drug-likeness (QED) is 0.544. The summed E-state index contributed by atoms with van der Waals surface area (Å²) in [7, 11) is 0. The minimum atomic E-state index is -4.47. The summed E-state index contributed by atoms with van der Waals surface area (Å²) in [6.07, 6.45) is -4.20. The van der Waals surface area contributed by atoms with Crippen molar-refractivity contribution in [3.05, 3.63) is 0 Å². The average molecular weight is 295 g/mol. The van der Waals surface area contributed by atoms with Gasteiger partial charge in [0.2, 0.25) is 0 Å². The van der Waals surface area contributed by atoms with E-state index in [9.17, 15) is 13.2 Å². The van der Waals surface area contributed by atoms with Gasteiger partial charge >= 0.3 is 6.36 Å². The second-order valence-corrected chi connectivity index (χ2v) is 4.04. The second-order valence-electron chi connectivity index (χ2n) is 2.67. The lowest BCUT2D eigenvalue weighted by Gasteiger charge is -2.27. The summed E-state index contributed by atoms with van der Waals surface area (Å²) in [6.45, 7) is 1.34. The van der Waals surface area contributed by atoms with E-state index in [0.29, 0.717) is 25.9 Å². The van der Waals surface area contributed by atoms with Gasteiger partial charge in [0.1, 0.15) is 0 Å². The minimum absolute atomic E-state index is 0.461. The number of hydrogen-bond acceptors (Lipinski definition) is 2. The van der Waals surface area contributed by atoms with E-state index < -0.39 is 12.5 Å². The highest BCUT2D eigenvalue weighted by molar-refractivity contribution is 14.1. The SMILES string of the molecule is FC(F)(F)OC1CCN(I)CC1. The smallest absolute Gasteiger partial charge is 0.288 e. The predicted octanol–water partition coefficient (Wildman–Crippen LogP) is 2.34. The Morgan fingerprint density at radius 2 is 1.75 bits per heavy atom. The van der Waals surface area contributed by atoms with Crippen LogP contribution in [0.25, 0.3) is 0 Å². The molecule has 1 aliphatic heterocycles. The number of halogens is 4. The summed E-state index contributed by atoms with van der Waals surface area (Å²) >= 11 is 2.10. The van der Waals surface area contributed by atoms with Gasteiger partial charge in [-0.25, -0.2) is 3.11 Å². The van der Waals surface area contributed by atoms with Gasteiger partial charge in [0.15, 0.2) is 0 Å². The predicted molar refractivity (Wildman–Crippen MR) is 45.8 cm³/mol. The Kier molecular flexibility index (Phi) is 3.59. The number of alkyl halides is 3. The Morgan fingerprint density at radius 3 is 2.17 bits per heavy atom. The Bertz CT molecular complexity index is 144. The molecule has 6 heteroatoms. The van der Waals surface area contributed by atoms with Crippen LogP contribution in [0.5, 0.6) is 0 Å². The standard InChI is InChI=1S/C6H9F3INO/c7-6(8,9)12-5-1-3-11(10)4-2-5/h5H,1-4H2. The van der Waals surface area contributed by atoms with E-state index in [2.05, 4.69) is 27.6 Å². The zero-order chi connectivity index (χ0) is 9.19. The molecule has 0 aromatic rings. The molecule has 0 aromatic heterocycles. The van der Waals surface area contributed by atoms with Gasteiger partial charge < -0.3 is 0 Å². The van der Waals surface area contributed by atoms with E-state index in [1.165, 1.54) is 0 Å². The van der Waals surface area contributed by atoms with E-state index in [-0.39, 0.29) is 0 Å². The van der Waals surface area contributed by atoms with Gasteiger partial charge in [0.05, 0.1) is 6.10 Å². The van der Waals surface area contributed by atoms with E-state index in [1.54, 1.807) is 0 Å². The molecule has 0 N–H and O–H groups in total. The lowest BCUT2D eigenvalue weighted by molar-refractivity contribution is -0.345. The normalized spacial score (nSPS) is 23.0. The molecular formula is C6H9F3INO. The number of nitrogens with zero attached hydrogens (tertiary/aromatic N) is 1. The van der Waals surface area contributed by atoms with Crippen LogP contribution >= 0.6 is 22.9 Å². The van der Waals surface area contributed by atoms with Crippen LogP contribution in [-0.4, -0.2) is 28.7 Å². The van der Waals surface area contributed by atoms with Gasteiger partial charge in [-0.15, -0.1) is 13.2 Å². The summed E-state index contributed by atoms with van der Waals surface area (Å²) in [6, 6.07) is 0. The Hall–Kier alpha value is 0.440. The molecule has 12 heavy (non-hydrogen) atoms. The summed E-state index contributed by atoms with van der Waals surface area (Å²) in [5, 5.41) is 0. The first-order valence-corrected chi connectivity index (χ1v) is 4.59. The van der Waals surface area contributed by atoms with Crippen molar-refractivity contribution in [2.24, 2.45) is 0 Å². The molecule has 1 fully saturated rings. The molecule has 0 saturated carbocycles. The number of rotatable bonds is 1. The summed E-state index contributed by atoms with van der Waals surface area (Å²) in [4.78, 5) is 0. The molecule has 1 rings (SSSR count). The highest BCUT2D eigenvalue weighted by atomic mass is 127. The monoisotopic (exact) mass is 295 g/mol. The summed E-state index contributed by atoms with van der Waals surface area (Å²) in [5.74, 6) is 0.